The first kappa shape index (κ1) is 15.8. The van der Waals surface area contributed by atoms with Gasteiger partial charge in [-0.2, -0.15) is 0 Å². The van der Waals surface area contributed by atoms with Gasteiger partial charge in [-0.15, -0.1) is 0 Å². The molecule has 21 heavy (non-hydrogen) atoms. The van der Waals surface area contributed by atoms with Gasteiger partial charge >= 0.3 is 0 Å². The highest BCUT2D eigenvalue weighted by Crippen LogP contribution is 2.35. The van der Waals surface area contributed by atoms with Gasteiger partial charge in [-0.05, 0) is 36.8 Å². The molecular formula is C16H17BrFNO2. The first-order chi connectivity index (χ1) is 10.1. The van der Waals surface area contributed by atoms with E-state index in [4.69, 9.17) is 15.2 Å². The highest BCUT2D eigenvalue weighted by atomic mass is 79.9. The molecular weight excluding hydrogens is 337 g/mol. The number of halogens is 2. The first-order valence-electron chi connectivity index (χ1n) is 6.58. The lowest BCUT2D eigenvalue weighted by atomic mass is 9.98. The zero-order chi connectivity index (χ0) is 15.4. The molecule has 0 spiro atoms. The van der Waals surface area contributed by atoms with Crippen LogP contribution in [-0.2, 0) is 0 Å². The Balaban J connectivity index is 2.43. The minimum absolute atomic E-state index is 0.338. The minimum atomic E-state index is -0.633. The smallest absolute Gasteiger partial charge is 0.132 e. The van der Waals surface area contributed by atoms with Gasteiger partial charge < -0.3 is 15.2 Å². The second-order valence-corrected chi connectivity index (χ2v) is 5.30. The molecule has 0 heterocycles. The van der Waals surface area contributed by atoms with Crippen molar-refractivity contribution in [1.29, 1.82) is 0 Å². The second-order valence-electron chi connectivity index (χ2n) is 4.45. The Morgan fingerprint density at radius 2 is 2.05 bits per heavy atom. The average Bonchev–Trinajstić information content (AvgIpc) is 2.46. The molecule has 2 rings (SSSR count). The molecule has 0 radical (unpaired) electrons. The highest BCUT2D eigenvalue weighted by Gasteiger charge is 2.20. The van der Waals surface area contributed by atoms with Crippen LogP contribution in [0.2, 0.25) is 0 Å². The van der Waals surface area contributed by atoms with Crippen molar-refractivity contribution >= 4 is 15.9 Å². The quantitative estimate of drug-likeness (QED) is 0.881. The third kappa shape index (κ3) is 3.36. The molecule has 5 heteroatoms. The maximum absolute atomic E-state index is 14.1. The van der Waals surface area contributed by atoms with Crippen LogP contribution < -0.4 is 15.2 Å². The Morgan fingerprint density at radius 3 is 2.67 bits per heavy atom. The summed E-state index contributed by atoms with van der Waals surface area (Å²) in [5, 5.41) is 0. The van der Waals surface area contributed by atoms with Crippen LogP contribution in [0.1, 0.15) is 24.1 Å². The van der Waals surface area contributed by atoms with Crippen molar-refractivity contribution < 1.29 is 13.9 Å². The Labute approximate surface area is 132 Å². The van der Waals surface area contributed by atoms with Gasteiger partial charge in [-0.1, -0.05) is 28.1 Å². The molecule has 2 N–H and O–H groups in total. The number of benzene rings is 2. The van der Waals surface area contributed by atoms with Crippen LogP contribution in [0.25, 0.3) is 0 Å². The van der Waals surface area contributed by atoms with Crippen molar-refractivity contribution in [2.75, 3.05) is 13.7 Å². The van der Waals surface area contributed by atoms with Gasteiger partial charge in [-0.25, -0.2) is 4.39 Å². The Kier molecular flexibility index (Phi) is 5.20. The molecule has 2 aromatic rings. The molecule has 0 aliphatic heterocycles. The minimum Gasteiger partial charge on any atom is -0.496 e. The van der Waals surface area contributed by atoms with Crippen molar-refractivity contribution in [2.45, 2.75) is 13.0 Å². The van der Waals surface area contributed by atoms with Gasteiger partial charge in [0.2, 0.25) is 0 Å². The topological polar surface area (TPSA) is 44.5 Å². The molecule has 0 amide bonds. The molecule has 0 aliphatic carbocycles. The number of hydrogen-bond donors (Lipinski definition) is 1. The molecule has 0 bridgehead atoms. The Bertz CT molecular complexity index is 634. The lowest BCUT2D eigenvalue weighted by Gasteiger charge is -2.18. The number of methoxy groups -OCH3 is 1. The summed E-state index contributed by atoms with van der Waals surface area (Å²) in [4.78, 5) is 0. The van der Waals surface area contributed by atoms with E-state index in [0.29, 0.717) is 17.9 Å². The normalized spacial score (nSPS) is 12.0. The van der Waals surface area contributed by atoms with E-state index in [-0.39, 0.29) is 5.82 Å². The summed E-state index contributed by atoms with van der Waals surface area (Å²) < 4.78 is 25.5. The lowest BCUT2D eigenvalue weighted by molar-refractivity contribution is 0.340. The fourth-order valence-corrected chi connectivity index (χ4v) is 2.77. The first-order valence-corrected chi connectivity index (χ1v) is 7.38. The van der Waals surface area contributed by atoms with Gasteiger partial charge in [0.05, 0.1) is 25.3 Å². The maximum atomic E-state index is 14.1. The van der Waals surface area contributed by atoms with E-state index < -0.39 is 6.04 Å². The largest absolute Gasteiger partial charge is 0.496 e. The van der Waals surface area contributed by atoms with Crippen LogP contribution >= 0.6 is 15.9 Å². The fourth-order valence-electron chi connectivity index (χ4n) is 2.17. The van der Waals surface area contributed by atoms with E-state index in [2.05, 4.69) is 15.9 Å². The highest BCUT2D eigenvalue weighted by molar-refractivity contribution is 9.10. The van der Waals surface area contributed by atoms with Crippen molar-refractivity contribution in [3.05, 3.63) is 57.8 Å². The van der Waals surface area contributed by atoms with Crippen LogP contribution in [0.3, 0.4) is 0 Å². The standard InChI is InChI=1S/C16H17BrFNO2/c1-3-21-10-7-8-11(12(17)9-10)16(19)15-13(18)5-4-6-14(15)20-2/h4-9,16H,3,19H2,1-2H3. The number of rotatable bonds is 5. The maximum Gasteiger partial charge on any atom is 0.132 e. The molecule has 0 saturated carbocycles. The van der Waals surface area contributed by atoms with Crippen LogP contribution in [-0.4, -0.2) is 13.7 Å². The lowest BCUT2D eigenvalue weighted by Crippen LogP contribution is -2.15. The van der Waals surface area contributed by atoms with Gasteiger partial charge in [0.15, 0.2) is 0 Å². The molecule has 0 fully saturated rings. The van der Waals surface area contributed by atoms with Gasteiger partial charge in [0.25, 0.3) is 0 Å². The van der Waals surface area contributed by atoms with Gasteiger partial charge in [0.1, 0.15) is 17.3 Å². The van der Waals surface area contributed by atoms with Crippen LogP contribution in [0.5, 0.6) is 11.5 Å². The van der Waals surface area contributed by atoms with Crippen LogP contribution in [0.4, 0.5) is 4.39 Å². The van der Waals surface area contributed by atoms with Crippen molar-refractivity contribution in [3.63, 3.8) is 0 Å². The molecule has 3 nitrogen and oxygen atoms in total. The summed E-state index contributed by atoms with van der Waals surface area (Å²) in [5.41, 5.74) is 7.33. The number of ether oxygens (including phenoxy) is 2. The summed E-state index contributed by atoms with van der Waals surface area (Å²) in [5.74, 6) is 0.784. The van der Waals surface area contributed by atoms with E-state index in [1.54, 1.807) is 12.1 Å². The SMILES string of the molecule is CCOc1ccc(C(N)c2c(F)cccc2OC)c(Br)c1. The molecule has 112 valence electrons. The summed E-state index contributed by atoms with van der Waals surface area (Å²) in [6.07, 6.45) is 0. The van der Waals surface area contributed by atoms with E-state index >= 15 is 0 Å². The van der Waals surface area contributed by atoms with E-state index in [9.17, 15) is 4.39 Å². The third-order valence-corrected chi connectivity index (χ3v) is 3.85. The van der Waals surface area contributed by atoms with Gasteiger partial charge in [0, 0.05) is 4.47 Å². The summed E-state index contributed by atoms with van der Waals surface area (Å²) in [7, 11) is 1.50. The van der Waals surface area contributed by atoms with Crippen LogP contribution in [0, 0.1) is 5.82 Å². The van der Waals surface area contributed by atoms with Gasteiger partial charge in [-0.3, -0.25) is 0 Å². The molecule has 2 aromatic carbocycles. The van der Waals surface area contributed by atoms with Crippen molar-refractivity contribution in [1.82, 2.24) is 0 Å². The average molecular weight is 354 g/mol. The zero-order valence-corrected chi connectivity index (χ0v) is 13.5. The fraction of sp³-hybridized carbons (Fsp3) is 0.250. The monoisotopic (exact) mass is 353 g/mol. The number of nitrogens with two attached hydrogens (primary N) is 1. The Hall–Kier alpha value is -1.59. The van der Waals surface area contributed by atoms with E-state index in [1.807, 2.05) is 25.1 Å². The summed E-state index contributed by atoms with van der Waals surface area (Å²) in [6.45, 7) is 2.50. The van der Waals surface area contributed by atoms with Crippen molar-refractivity contribution in [2.24, 2.45) is 5.73 Å². The Morgan fingerprint density at radius 1 is 1.29 bits per heavy atom. The molecule has 0 aliphatic rings. The van der Waals surface area contributed by atoms with E-state index in [1.165, 1.54) is 13.2 Å². The molecule has 1 atom stereocenters. The predicted molar refractivity (Wildman–Crippen MR) is 84.3 cm³/mol. The molecule has 1 unspecified atom stereocenters. The molecule has 0 saturated heterocycles. The van der Waals surface area contributed by atoms with Crippen LogP contribution in [0.15, 0.2) is 40.9 Å². The summed E-state index contributed by atoms with van der Waals surface area (Å²) >= 11 is 3.46. The van der Waals surface area contributed by atoms with Crippen molar-refractivity contribution in [3.8, 4) is 11.5 Å². The second kappa shape index (κ2) is 6.91. The third-order valence-electron chi connectivity index (χ3n) is 3.16. The molecule has 0 aromatic heterocycles. The predicted octanol–water partition coefficient (Wildman–Crippen LogP) is 4.04. The zero-order valence-electron chi connectivity index (χ0n) is 11.9. The van der Waals surface area contributed by atoms with E-state index in [0.717, 1.165) is 15.8 Å². The summed E-state index contributed by atoms with van der Waals surface area (Å²) in [6, 6.07) is 9.50. The number of hydrogen-bond acceptors (Lipinski definition) is 3.